The number of rotatable bonds is 3. The van der Waals surface area contributed by atoms with Gasteiger partial charge in [-0.3, -0.25) is 14.5 Å². The van der Waals surface area contributed by atoms with Gasteiger partial charge >= 0.3 is 0 Å². The van der Waals surface area contributed by atoms with Crippen LogP contribution < -0.4 is 0 Å². The highest BCUT2D eigenvalue weighted by Crippen LogP contribution is 2.24. The van der Waals surface area contributed by atoms with Gasteiger partial charge in [-0.1, -0.05) is 6.92 Å². The molecule has 142 valence electrons. The molecule has 0 N–H and O–H groups in total. The minimum atomic E-state index is -0.0422. The number of hydrogen-bond acceptors (Lipinski definition) is 3. The molecule has 3 saturated heterocycles. The average Bonchev–Trinajstić information content (AvgIpc) is 2.67. The Morgan fingerprint density at radius 3 is 2.00 bits per heavy atom. The fourth-order valence-corrected chi connectivity index (χ4v) is 4.56. The molecule has 0 spiro atoms. The van der Waals surface area contributed by atoms with E-state index in [0.29, 0.717) is 5.91 Å². The first-order chi connectivity index (χ1) is 12.1. The van der Waals surface area contributed by atoms with E-state index >= 15 is 0 Å². The van der Waals surface area contributed by atoms with Crippen LogP contribution in [0.2, 0.25) is 0 Å². The van der Waals surface area contributed by atoms with Crippen molar-refractivity contribution in [3.8, 4) is 0 Å². The van der Waals surface area contributed by atoms with E-state index in [4.69, 9.17) is 0 Å². The van der Waals surface area contributed by atoms with E-state index in [-0.39, 0.29) is 17.9 Å². The van der Waals surface area contributed by atoms with Crippen molar-refractivity contribution < 1.29 is 9.59 Å². The van der Waals surface area contributed by atoms with Crippen LogP contribution in [0.1, 0.15) is 58.8 Å². The van der Waals surface area contributed by atoms with Crippen molar-refractivity contribution in [2.45, 2.75) is 64.8 Å². The van der Waals surface area contributed by atoms with E-state index in [1.165, 1.54) is 6.42 Å². The van der Waals surface area contributed by atoms with Gasteiger partial charge in [-0.05, 0) is 70.9 Å². The summed E-state index contributed by atoms with van der Waals surface area (Å²) in [6.07, 6.45) is 7.65. The van der Waals surface area contributed by atoms with E-state index < -0.39 is 0 Å². The number of carbonyl (C=O) groups excluding carboxylic acids is 2. The summed E-state index contributed by atoms with van der Waals surface area (Å²) >= 11 is 0. The Hall–Kier alpha value is -1.10. The molecule has 0 saturated carbocycles. The Morgan fingerprint density at radius 2 is 1.40 bits per heavy atom. The van der Waals surface area contributed by atoms with Crippen LogP contribution in [0.4, 0.5) is 0 Å². The molecule has 0 aromatic carbocycles. The highest BCUT2D eigenvalue weighted by atomic mass is 16.2. The Balaban J connectivity index is 1.46. The standard InChI is InChI=1S/C20H35N3O2/c1-16-6-12-23(13-7-16)19(24)17(2)21-14-8-18(9-15-21)20(25)22-10-4-3-5-11-22/h16-18H,3-15H2,1-2H3. The molecule has 2 amide bonds. The smallest absolute Gasteiger partial charge is 0.239 e. The summed E-state index contributed by atoms with van der Waals surface area (Å²) in [4.78, 5) is 31.9. The largest absolute Gasteiger partial charge is 0.342 e. The zero-order valence-corrected chi connectivity index (χ0v) is 16.1. The lowest BCUT2D eigenvalue weighted by Gasteiger charge is -2.40. The Labute approximate surface area is 152 Å². The highest BCUT2D eigenvalue weighted by molar-refractivity contribution is 5.82. The minimum absolute atomic E-state index is 0.0422. The van der Waals surface area contributed by atoms with E-state index in [0.717, 1.165) is 83.7 Å². The van der Waals surface area contributed by atoms with Crippen molar-refractivity contribution in [1.29, 1.82) is 0 Å². The van der Waals surface area contributed by atoms with Crippen molar-refractivity contribution in [2.24, 2.45) is 11.8 Å². The van der Waals surface area contributed by atoms with Gasteiger partial charge in [0.2, 0.25) is 11.8 Å². The molecule has 1 unspecified atom stereocenters. The van der Waals surface area contributed by atoms with Gasteiger partial charge in [-0.25, -0.2) is 0 Å². The molecule has 5 nitrogen and oxygen atoms in total. The SMILES string of the molecule is CC1CCN(C(=O)C(C)N2CCC(C(=O)N3CCCCC3)CC2)CC1. The van der Waals surface area contributed by atoms with Crippen molar-refractivity contribution in [2.75, 3.05) is 39.3 Å². The predicted octanol–water partition coefficient (Wildman–Crippen LogP) is 2.36. The summed E-state index contributed by atoms with van der Waals surface area (Å²) in [6.45, 7) is 9.79. The molecule has 0 radical (unpaired) electrons. The van der Waals surface area contributed by atoms with Crippen molar-refractivity contribution in [1.82, 2.24) is 14.7 Å². The molecule has 1 atom stereocenters. The second-order valence-corrected chi connectivity index (χ2v) is 8.38. The number of nitrogens with zero attached hydrogens (tertiary/aromatic N) is 3. The molecule has 3 heterocycles. The number of likely N-dealkylation sites (tertiary alicyclic amines) is 3. The van der Waals surface area contributed by atoms with Crippen molar-refractivity contribution in [3.05, 3.63) is 0 Å². The summed E-state index contributed by atoms with van der Waals surface area (Å²) in [5, 5.41) is 0. The van der Waals surface area contributed by atoms with E-state index in [1.54, 1.807) is 0 Å². The quantitative estimate of drug-likeness (QED) is 0.786. The van der Waals surface area contributed by atoms with Gasteiger partial charge in [0.05, 0.1) is 6.04 Å². The predicted molar refractivity (Wildman–Crippen MR) is 99.2 cm³/mol. The van der Waals surface area contributed by atoms with Gasteiger partial charge in [0.1, 0.15) is 0 Å². The van der Waals surface area contributed by atoms with Crippen molar-refractivity contribution >= 4 is 11.8 Å². The topological polar surface area (TPSA) is 43.9 Å². The number of amides is 2. The lowest BCUT2D eigenvalue weighted by molar-refractivity contribution is -0.140. The third kappa shape index (κ3) is 4.55. The molecule has 0 aliphatic carbocycles. The van der Waals surface area contributed by atoms with E-state index in [9.17, 15) is 9.59 Å². The maximum Gasteiger partial charge on any atom is 0.239 e. The molecule has 3 rings (SSSR count). The lowest BCUT2D eigenvalue weighted by atomic mass is 9.93. The Morgan fingerprint density at radius 1 is 0.800 bits per heavy atom. The second-order valence-electron chi connectivity index (χ2n) is 8.38. The summed E-state index contributed by atoms with van der Waals surface area (Å²) < 4.78 is 0. The molecule has 5 heteroatoms. The summed E-state index contributed by atoms with van der Waals surface area (Å²) in [5.74, 6) is 1.57. The van der Waals surface area contributed by atoms with E-state index in [2.05, 4.69) is 21.6 Å². The molecule has 3 aliphatic rings. The van der Waals surface area contributed by atoms with Crippen LogP contribution in [-0.4, -0.2) is 71.8 Å². The molecule has 25 heavy (non-hydrogen) atoms. The van der Waals surface area contributed by atoms with Crippen LogP contribution in [0.5, 0.6) is 0 Å². The zero-order valence-electron chi connectivity index (χ0n) is 16.1. The van der Waals surface area contributed by atoms with E-state index in [1.807, 2.05) is 6.92 Å². The van der Waals surface area contributed by atoms with Gasteiger partial charge < -0.3 is 9.80 Å². The maximum atomic E-state index is 12.8. The van der Waals surface area contributed by atoms with Crippen LogP contribution >= 0.6 is 0 Å². The molecule has 0 aromatic rings. The first-order valence-corrected chi connectivity index (χ1v) is 10.4. The summed E-state index contributed by atoms with van der Waals surface area (Å²) in [7, 11) is 0. The van der Waals surface area contributed by atoms with Crippen LogP contribution in [-0.2, 0) is 9.59 Å². The fraction of sp³-hybridized carbons (Fsp3) is 0.900. The number of piperidine rings is 3. The Kier molecular flexibility index (Phi) is 6.37. The number of hydrogen-bond donors (Lipinski definition) is 0. The lowest BCUT2D eigenvalue weighted by Crippen LogP contribution is -2.52. The van der Waals surface area contributed by atoms with Crippen LogP contribution in [0.3, 0.4) is 0 Å². The average molecular weight is 350 g/mol. The third-order valence-corrected chi connectivity index (χ3v) is 6.55. The normalized spacial score (nSPS) is 25.8. The molecule has 3 fully saturated rings. The van der Waals surface area contributed by atoms with Gasteiger partial charge in [-0.15, -0.1) is 0 Å². The van der Waals surface area contributed by atoms with Gasteiger partial charge in [0.25, 0.3) is 0 Å². The highest BCUT2D eigenvalue weighted by Gasteiger charge is 2.34. The molecule has 3 aliphatic heterocycles. The minimum Gasteiger partial charge on any atom is -0.342 e. The number of carbonyl (C=O) groups is 2. The van der Waals surface area contributed by atoms with Crippen molar-refractivity contribution in [3.63, 3.8) is 0 Å². The molecular weight excluding hydrogens is 314 g/mol. The summed E-state index contributed by atoms with van der Waals surface area (Å²) in [5.41, 5.74) is 0. The van der Waals surface area contributed by atoms with Gasteiger partial charge in [0.15, 0.2) is 0 Å². The second kappa shape index (κ2) is 8.52. The maximum absolute atomic E-state index is 12.8. The van der Waals surface area contributed by atoms with Crippen LogP contribution in [0.25, 0.3) is 0 Å². The molecular formula is C20H35N3O2. The van der Waals surface area contributed by atoms with Crippen LogP contribution in [0, 0.1) is 11.8 Å². The van der Waals surface area contributed by atoms with Gasteiger partial charge in [0, 0.05) is 32.1 Å². The first-order valence-electron chi connectivity index (χ1n) is 10.4. The van der Waals surface area contributed by atoms with Crippen LogP contribution in [0.15, 0.2) is 0 Å². The third-order valence-electron chi connectivity index (χ3n) is 6.55. The molecule has 0 bridgehead atoms. The fourth-order valence-electron chi connectivity index (χ4n) is 4.56. The van der Waals surface area contributed by atoms with Gasteiger partial charge in [-0.2, -0.15) is 0 Å². The zero-order chi connectivity index (χ0) is 17.8. The Bertz CT molecular complexity index is 460. The monoisotopic (exact) mass is 349 g/mol. The first kappa shape index (κ1) is 18.7. The summed E-state index contributed by atoms with van der Waals surface area (Å²) in [6, 6.07) is -0.0422. The molecule has 0 aromatic heterocycles.